The second-order valence-electron chi connectivity index (χ2n) is 2.06. The first-order valence-corrected chi connectivity index (χ1v) is 3.32. The average molecular weight is 169 g/mol. The quantitative estimate of drug-likeness (QED) is 0.658. The van der Waals surface area contributed by atoms with Crippen LogP contribution in [0.15, 0.2) is 18.3 Å². The minimum atomic E-state index is -0.434. The van der Waals surface area contributed by atoms with E-state index in [9.17, 15) is 9.18 Å². The third-order valence-electron chi connectivity index (χ3n) is 1.19. The number of amides is 2. The van der Waals surface area contributed by atoms with E-state index in [1.807, 2.05) is 0 Å². The van der Waals surface area contributed by atoms with Crippen molar-refractivity contribution in [1.82, 2.24) is 10.3 Å². The first-order chi connectivity index (χ1) is 5.72. The number of carbonyl (C=O) groups excluding carboxylic acids is 1. The summed E-state index contributed by atoms with van der Waals surface area (Å²) in [6.45, 7) is 0. The van der Waals surface area contributed by atoms with Crippen molar-refractivity contribution in [2.24, 2.45) is 0 Å². The highest BCUT2D eigenvalue weighted by atomic mass is 19.1. The van der Waals surface area contributed by atoms with Crippen LogP contribution in [0.2, 0.25) is 0 Å². The average Bonchev–Trinajstić information content (AvgIpc) is 2.04. The maximum atomic E-state index is 12.5. The van der Waals surface area contributed by atoms with Gasteiger partial charge in [-0.05, 0) is 6.07 Å². The highest BCUT2D eigenvalue weighted by Crippen LogP contribution is 2.03. The summed E-state index contributed by atoms with van der Waals surface area (Å²) in [5.41, 5.74) is 0. The molecular weight excluding hydrogens is 161 g/mol. The van der Waals surface area contributed by atoms with E-state index >= 15 is 0 Å². The number of hydrogen-bond donors (Lipinski definition) is 2. The molecule has 5 heteroatoms. The monoisotopic (exact) mass is 169 g/mol. The lowest BCUT2D eigenvalue weighted by Crippen LogP contribution is -2.24. The largest absolute Gasteiger partial charge is 0.341 e. The van der Waals surface area contributed by atoms with Gasteiger partial charge in [0, 0.05) is 19.3 Å². The normalized spacial score (nSPS) is 9.17. The molecule has 0 aromatic carbocycles. The summed E-state index contributed by atoms with van der Waals surface area (Å²) in [6.07, 6.45) is 1.28. The molecule has 0 saturated heterocycles. The molecule has 4 nitrogen and oxygen atoms in total. The van der Waals surface area contributed by atoms with Gasteiger partial charge >= 0.3 is 6.03 Å². The number of nitrogens with zero attached hydrogens (tertiary/aromatic N) is 1. The molecule has 1 heterocycles. The fraction of sp³-hybridized carbons (Fsp3) is 0.143. The van der Waals surface area contributed by atoms with Gasteiger partial charge in [0.2, 0.25) is 0 Å². The molecule has 0 atom stereocenters. The Labute approximate surface area is 68.8 Å². The second-order valence-corrected chi connectivity index (χ2v) is 2.06. The Hall–Kier alpha value is -1.65. The van der Waals surface area contributed by atoms with E-state index in [0.29, 0.717) is 0 Å². The second kappa shape index (κ2) is 3.66. The predicted molar refractivity (Wildman–Crippen MR) is 42.3 cm³/mol. The number of urea groups is 1. The van der Waals surface area contributed by atoms with Crippen LogP contribution in [-0.4, -0.2) is 18.1 Å². The lowest BCUT2D eigenvalue weighted by atomic mass is 10.4. The van der Waals surface area contributed by atoms with Gasteiger partial charge in [0.05, 0.1) is 0 Å². The molecule has 64 valence electrons. The Morgan fingerprint density at radius 1 is 1.67 bits per heavy atom. The summed E-state index contributed by atoms with van der Waals surface area (Å²) < 4.78 is 12.5. The molecule has 0 bridgehead atoms. The van der Waals surface area contributed by atoms with Crippen molar-refractivity contribution in [3.63, 3.8) is 0 Å². The van der Waals surface area contributed by atoms with Crippen molar-refractivity contribution < 1.29 is 9.18 Å². The maximum Gasteiger partial charge on any atom is 0.320 e. The first kappa shape index (κ1) is 8.45. The van der Waals surface area contributed by atoms with Gasteiger partial charge in [-0.25, -0.2) is 14.2 Å². The number of anilines is 1. The molecule has 2 N–H and O–H groups in total. The number of carbonyl (C=O) groups is 1. The van der Waals surface area contributed by atoms with Gasteiger partial charge in [-0.15, -0.1) is 0 Å². The van der Waals surface area contributed by atoms with Crippen LogP contribution in [0.4, 0.5) is 15.0 Å². The molecule has 12 heavy (non-hydrogen) atoms. The molecular formula is C7H8FN3O. The summed E-state index contributed by atoms with van der Waals surface area (Å²) in [4.78, 5) is 14.4. The zero-order chi connectivity index (χ0) is 8.97. The van der Waals surface area contributed by atoms with Gasteiger partial charge in [-0.3, -0.25) is 5.32 Å². The molecule has 0 aliphatic rings. The summed E-state index contributed by atoms with van der Waals surface area (Å²) in [6, 6.07) is 1.91. The van der Waals surface area contributed by atoms with Crippen molar-refractivity contribution in [2.45, 2.75) is 0 Å². The van der Waals surface area contributed by atoms with Crippen LogP contribution >= 0.6 is 0 Å². The van der Waals surface area contributed by atoms with Crippen LogP contribution in [0.1, 0.15) is 0 Å². The van der Waals surface area contributed by atoms with Gasteiger partial charge in [0.25, 0.3) is 0 Å². The zero-order valence-corrected chi connectivity index (χ0v) is 6.47. The molecule has 0 saturated carbocycles. The zero-order valence-electron chi connectivity index (χ0n) is 6.47. The number of rotatable bonds is 1. The molecule has 0 unspecified atom stereocenters. The van der Waals surface area contributed by atoms with Gasteiger partial charge in [-0.1, -0.05) is 0 Å². The number of aromatic nitrogens is 1. The standard InChI is InChI=1S/C7H8FN3O/c1-9-7(12)11-6-4-5(8)2-3-10-6/h2-4H,1H3,(H2,9,10,11,12). The Balaban J connectivity index is 2.69. The third kappa shape index (κ3) is 2.19. The van der Waals surface area contributed by atoms with Crippen molar-refractivity contribution in [3.05, 3.63) is 24.1 Å². The molecule has 0 radical (unpaired) electrons. The van der Waals surface area contributed by atoms with Crippen LogP contribution in [0, 0.1) is 5.82 Å². The summed E-state index contributed by atoms with van der Waals surface area (Å²) >= 11 is 0. The van der Waals surface area contributed by atoms with Gasteiger partial charge in [0.15, 0.2) is 0 Å². The van der Waals surface area contributed by atoms with E-state index in [2.05, 4.69) is 15.6 Å². The SMILES string of the molecule is CNC(=O)Nc1cc(F)ccn1. The van der Waals surface area contributed by atoms with Crippen LogP contribution in [0.5, 0.6) is 0 Å². The van der Waals surface area contributed by atoms with E-state index in [1.54, 1.807) is 0 Å². The molecule has 1 aromatic heterocycles. The van der Waals surface area contributed by atoms with Crippen LogP contribution in [0.25, 0.3) is 0 Å². The Morgan fingerprint density at radius 2 is 2.42 bits per heavy atom. The van der Waals surface area contributed by atoms with Crippen molar-refractivity contribution in [2.75, 3.05) is 12.4 Å². The van der Waals surface area contributed by atoms with Crippen molar-refractivity contribution in [1.29, 1.82) is 0 Å². The Morgan fingerprint density at radius 3 is 3.00 bits per heavy atom. The van der Waals surface area contributed by atoms with E-state index in [-0.39, 0.29) is 5.82 Å². The summed E-state index contributed by atoms with van der Waals surface area (Å²) in [5.74, 6) is -0.245. The molecule has 0 aliphatic heterocycles. The lowest BCUT2D eigenvalue weighted by molar-refractivity contribution is 0.254. The smallest absolute Gasteiger partial charge is 0.320 e. The first-order valence-electron chi connectivity index (χ1n) is 3.32. The van der Waals surface area contributed by atoms with Crippen molar-refractivity contribution in [3.8, 4) is 0 Å². The van der Waals surface area contributed by atoms with Crippen LogP contribution in [-0.2, 0) is 0 Å². The lowest BCUT2D eigenvalue weighted by Gasteiger charge is -2.01. The summed E-state index contributed by atoms with van der Waals surface area (Å²) in [5, 5.41) is 4.65. The highest BCUT2D eigenvalue weighted by molar-refractivity contribution is 5.87. The topological polar surface area (TPSA) is 54.0 Å². The van der Waals surface area contributed by atoms with Crippen LogP contribution in [0.3, 0.4) is 0 Å². The molecule has 0 aliphatic carbocycles. The molecule has 1 rings (SSSR count). The van der Waals surface area contributed by atoms with E-state index in [4.69, 9.17) is 0 Å². The van der Waals surface area contributed by atoms with Crippen molar-refractivity contribution >= 4 is 11.8 Å². The summed E-state index contributed by atoms with van der Waals surface area (Å²) in [7, 11) is 1.47. The molecule has 2 amide bonds. The van der Waals surface area contributed by atoms with E-state index in [0.717, 1.165) is 6.07 Å². The minimum absolute atomic E-state index is 0.189. The van der Waals surface area contributed by atoms with Gasteiger partial charge < -0.3 is 5.32 Å². The number of hydrogen-bond acceptors (Lipinski definition) is 2. The maximum absolute atomic E-state index is 12.5. The Kier molecular flexibility index (Phi) is 2.57. The van der Waals surface area contributed by atoms with E-state index < -0.39 is 11.8 Å². The van der Waals surface area contributed by atoms with E-state index in [1.165, 1.54) is 19.3 Å². The number of halogens is 1. The third-order valence-corrected chi connectivity index (χ3v) is 1.19. The predicted octanol–water partition coefficient (Wildman–Crippen LogP) is 0.972. The van der Waals surface area contributed by atoms with Crippen LogP contribution < -0.4 is 10.6 Å². The molecule has 0 fully saturated rings. The molecule has 0 spiro atoms. The van der Waals surface area contributed by atoms with Gasteiger partial charge in [0.1, 0.15) is 11.6 Å². The number of pyridine rings is 1. The number of nitrogens with one attached hydrogen (secondary N) is 2. The molecule has 1 aromatic rings. The minimum Gasteiger partial charge on any atom is -0.341 e. The fourth-order valence-electron chi connectivity index (χ4n) is 0.652. The van der Waals surface area contributed by atoms with Gasteiger partial charge in [-0.2, -0.15) is 0 Å². The highest BCUT2D eigenvalue weighted by Gasteiger charge is 1.99. The Bertz CT molecular complexity index is 290. The fourth-order valence-corrected chi connectivity index (χ4v) is 0.652.